The van der Waals surface area contributed by atoms with Crippen molar-refractivity contribution in [2.24, 2.45) is 0 Å². The number of nitrogens with one attached hydrogen (secondary N) is 2. The predicted octanol–water partition coefficient (Wildman–Crippen LogP) is 3.55. The molecule has 0 aliphatic heterocycles. The summed E-state index contributed by atoms with van der Waals surface area (Å²) in [6.07, 6.45) is 9.32. The van der Waals surface area contributed by atoms with E-state index in [4.69, 9.17) is 0 Å². The molecular formula is C18H28N2O2S. The molecule has 0 unspecified atom stereocenters. The molecule has 4 nitrogen and oxygen atoms in total. The van der Waals surface area contributed by atoms with Gasteiger partial charge in [0, 0.05) is 22.9 Å². The number of hydrogen-bond acceptors (Lipinski definition) is 3. The molecule has 128 valence electrons. The minimum atomic E-state index is -0.180. The number of thiophene rings is 1. The lowest BCUT2D eigenvalue weighted by Gasteiger charge is -2.37. The van der Waals surface area contributed by atoms with Crippen LogP contribution in [0.3, 0.4) is 0 Å². The van der Waals surface area contributed by atoms with E-state index < -0.39 is 0 Å². The van der Waals surface area contributed by atoms with Crippen LogP contribution in [-0.2, 0) is 5.41 Å². The van der Waals surface area contributed by atoms with Crippen LogP contribution in [0.5, 0.6) is 0 Å². The molecule has 0 atom stereocenters. The molecule has 1 heterocycles. The van der Waals surface area contributed by atoms with Gasteiger partial charge in [0.1, 0.15) is 0 Å². The van der Waals surface area contributed by atoms with Gasteiger partial charge in [0.25, 0.3) is 0 Å². The molecule has 2 aliphatic rings. The summed E-state index contributed by atoms with van der Waals surface area (Å²) in [4.78, 5) is 13.7. The zero-order chi connectivity index (χ0) is 16.1. The van der Waals surface area contributed by atoms with E-state index in [9.17, 15) is 9.90 Å². The first-order valence-electron chi connectivity index (χ1n) is 8.94. The molecule has 2 aliphatic carbocycles. The molecule has 1 aromatic heterocycles. The van der Waals surface area contributed by atoms with Gasteiger partial charge in [-0.15, -0.1) is 11.3 Å². The second kappa shape index (κ2) is 7.67. The van der Waals surface area contributed by atoms with Crippen LogP contribution in [0.1, 0.15) is 62.7 Å². The monoisotopic (exact) mass is 336 g/mol. The maximum Gasteiger partial charge on any atom is 0.315 e. The fourth-order valence-corrected chi connectivity index (χ4v) is 5.01. The van der Waals surface area contributed by atoms with Crippen LogP contribution in [0.25, 0.3) is 0 Å². The minimum Gasteiger partial charge on any atom is -0.393 e. The quantitative estimate of drug-likeness (QED) is 0.787. The Kier molecular flexibility index (Phi) is 5.59. The topological polar surface area (TPSA) is 61.4 Å². The highest BCUT2D eigenvalue weighted by molar-refractivity contribution is 7.10. The van der Waals surface area contributed by atoms with Crippen LogP contribution in [-0.4, -0.2) is 29.8 Å². The molecule has 2 saturated carbocycles. The van der Waals surface area contributed by atoms with Gasteiger partial charge < -0.3 is 15.7 Å². The Morgan fingerprint density at radius 3 is 2.61 bits per heavy atom. The lowest BCUT2D eigenvalue weighted by molar-refractivity contribution is 0.117. The Labute approximate surface area is 142 Å². The molecule has 1 aromatic rings. The average molecular weight is 337 g/mol. The second-order valence-electron chi connectivity index (χ2n) is 7.15. The van der Waals surface area contributed by atoms with Crippen molar-refractivity contribution in [3.05, 3.63) is 22.4 Å². The lowest BCUT2D eigenvalue weighted by atomic mass is 9.73. The molecule has 0 radical (unpaired) electrons. The van der Waals surface area contributed by atoms with Crippen molar-refractivity contribution in [1.82, 2.24) is 10.6 Å². The normalized spacial score (nSPS) is 27.3. The van der Waals surface area contributed by atoms with Gasteiger partial charge in [-0.25, -0.2) is 4.79 Å². The third-order valence-electron chi connectivity index (χ3n) is 5.47. The van der Waals surface area contributed by atoms with Crippen LogP contribution in [0.4, 0.5) is 4.79 Å². The molecule has 0 aromatic carbocycles. The number of aliphatic hydroxyl groups is 1. The molecule has 0 bridgehead atoms. The smallest absolute Gasteiger partial charge is 0.315 e. The number of carbonyl (C=O) groups excluding carboxylic acids is 1. The summed E-state index contributed by atoms with van der Waals surface area (Å²) in [6, 6.07) is 4.50. The summed E-state index contributed by atoms with van der Waals surface area (Å²) >= 11 is 1.82. The van der Waals surface area contributed by atoms with Crippen molar-refractivity contribution in [1.29, 1.82) is 0 Å². The van der Waals surface area contributed by atoms with Crippen molar-refractivity contribution in [3.63, 3.8) is 0 Å². The number of urea groups is 1. The fourth-order valence-electron chi connectivity index (χ4n) is 4.03. The van der Waals surface area contributed by atoms with Gasteiger partial charge in [0.15, 0.2) is 0 Å². The molecule has 5 heteroatoms. The minimum absolute atomic E-state index is 0.0482. The summed E-state index contributed by atoms with van der Waals surface area (Å²) in [5, 5.41) is 17.9. The van der Waals surface area contributed by atoms with Gasteiger partial charge in [-0.1, -0.05) is 25.3 Å². The van der Waals surface area contributed by atoms with Gasteiger partial charge in [0.05, 0.1) is 6.10 Å². The van der Waals surface area contributed by atoms with E-state index in [0.717, 1.165) is 32.2 Å². The van der Waals surface area contributed by atoms with Crippen molar-refractivity contribution in [2.75, 3.05) is 6.54 Å². The second-order valence-corrected chi connectivity index (χ2v) is 8.10. The van der Waals surface area contributed by atoms with E-state index in [-0.39, 0.29) is 23.6 Å². The summed E-state index contributed by atoms with van der Waals surface area (Å²) in [6.45, 7) is 0.731. The number of rotatable bonds is 4. The number of carbonyl (C=O) groups is 1. The van der Waals surface area contributed by atoms with E-state index >= 15 is 0 Å². The zero-order valence-electron chi connectivity index (χ0n) is 13.7. The third kappa shape index (κ3) is 4.27. The van der Waals surface area contributed by atoms with Gasteiger partial charge in [0.2, 0.25) is 0 Å². The zero-order valence-corrected chi connectivity index (χ0v) is 14.5. The maximum absolute atomic E-state index is 12.3. The van der Waals surface area contributed by atoms with Crippen molar-refractivity contribution in [3.8, 4) is 0 Å². The fraction of sp³-hybridized carbons (Fsp3) is 0.722. The number of hydrogen-bond donors (Lipinski definition) is 3. The first kappa shape index (κ1) is 16.8. The standard InChI is InChI=1S/C18H28N2O2S/c21-15-8-6-14(7-9-15)20-17(22)19-13-18(10-2-1-3-11-18)16-5-4-12-23-16/h4-5,12,14-15,21H,1-3,6-11,13H2,(H2,19,20,22). The Hall–Kier alpha value is -1.07. The summed E-state index contributed by atoms with van der Waals surface area (Å²) < 4.78 is 0. The Bertz CT molecular complexity index is 489. The third-order valence-corrected chi connectivity index (χ3v) is 6.59. The average Bonchev–Trinajstić information content (AvgIpc) is 3.11. The van der Waals surface area contributed by atoms with Crippen molar-refractivity contribution in [2.45, 2.75) is 75.3 Å². The van der Waals surface area contributed by atoms with Gasteiger partial charge >= 0.3 is 6.03 Å². The summed E-state index contributed by atoms with van der Waals surface area (Å²) in [5.41, 5.74) is 0.131. The van der Waals surface area contributed by atoms with E-state index in [1.807, 2.05) is 11.3 Å². The van der Waals surface area contributed by atoms with Gasteiger partial charge in [-0.3, -0.25) is 0 Å². The van der Waals surface area contributed by atoms with Crippen LogP contribution < -0.4 is 10.6 Å². The van der Waals surface area contributed by atoms with Crippen LogP contribution in [0, 0.1) is 0 Å². The highest BCUT2D eigenvalue weighted by Gasteiger charge is 2.35. The molecule has 0 spiro atoms. The maximum atomic E-state index is 12.3. The van der Waals surface area contributed by atoms with E-state index in [0.29, 0.717) is 0 Å². The SMILES string of the molecule is O=C(NCC1(c2cccs2)CCCCC1)NC1CCC(O)CC1. The first-order chi connectivity index (χ1) is 11.2. The van der Waals surface area contributed by atoms with Crippen molar-refractivity contribution >= 4 is 17.4 Å². The van der Waals surface area contributed by atoms with Crippen LogP contribution in [0.15, 0.2) is 17.5 Å². The molecule has 3 rings (SSSR count). The van der Waals surface area contributed by atoms with E-state index in [1.165, 1.54) is 37.0 Å². The van der Waals surface area contributed by atoms with Gasteiger partial charge in [-0.05, 0) is 50.0 Å². The van der Waals surface area contributed by atoms with Gasteiger partial charge in [-0.2, -0.15) is 0 Å². The molecule has 0 saturated heterocycles. The molecule has 2 amide bonds. The molecule has 3 N–H and O–H groups in total. The Balaban J connectivity index is 1.53. The van der Waals surface area contributed by atoms with Crippen LogP contribution in [0.2, 0.25) is 0 Å². The Morgan fingerprint density at radius 1 is 1.22 bits per heavy atom. The molecule has 2 fully saturated rings. The number of aliphatic hydroxyl groups excluding tert-OH is 1. The number of amides is 2. The first-order valence-corrected chi connectivity index (χ1v) is 9.82. The Morgan fingerprint density at radius 2 is 1.96 bits per heavy atom. The summed E-state index contributed by atoms with van der Waals surface area (Å²) in [5.74, 6) is 0. The molecule has 23 heavy (non-hydrogen) atoms. The largest absolute Gasteiger partial charge is 0.393 e. The lowest BCUT2D eigenvalue weighted by Crippen LogP contribution is -2.48. The van der Waals surface area contributed by atoms with E-state index in [1.54, 1.807) is 0 Å². The van der Waals surface area contributed by atoms with Crippen molar-refractivity contribution < 1.29 is 9.90 Å². The molecular weight excluding hydrogens is 308 g/mol. The predicted molar refractivity (Wildman–Crippen MR) is 93.9 cm³/mol. The highest BCUT2D eigenvalue weighted by Crippen LogP contribution is 2.41. The van der Waals surface area contributed by atoms with E-state index in [2.05, 4.69) is 28.1 Å². The van der Waals surface area contributed by atoms with Crippen LogP contribution >= 0.6 is 11.3 Å². The highest BCUT2D eigenvalue weighted by atomic mass is 32.1. The summed E-state index contributed by atoms with van der Waals surface area (Å²) in [7, 11) is 0.